The Morgan fingerprint density at radius 2 is 1.88 bits per heavy atom. The van der Waals surface area contributed by atoms with E-state index in [4.69, 9.17) is 16.3 Å². The summed E-state index contributed by atoms with van der Waals surface area (Å²) in [4.78, 5) is 27.5. The molecule has 0 radical (unpaired) electrons. The van der Waals surface area contributed by atoms with Crippen LogP contribution in [0.1, 0.15) is 24.0 Å². The van der Waals surface area contributed by atoms with Crippen molar-refractivity contribution in [3.05, 3.63) is 81.1 Å². The summed E-state index contributed by atoms with van der Waals surface area (Å²) in [6.45, 7) is 3.34. The van der Waals surface area contributed by atoms with Gasteiger partial charge in [-0.05, 0) is 55.1 Å². The van der Waals surface area contributed by atoms with E-state index in [0.29, 0.717) is 28.7 Å². The quantitative estimate of drug-likeness (QED) is 0.554. The van der Waals surface area contributed by atoms with E-state index in [9.17, 15) is 9.59 Å². The molecule has 1 N–H and O–H groups in total. The molecule has 0 atom stereocenters. The summed E-state index contributed by atoms with van der Waals surface area (Å²) in [7, 11) is 1.32. The minimum absolute atomic E-state index is 0.141. The molecule has 2 aromatic carbocycles. The first-order chi connectivity index (χ1) is 15.5. The zero-order valence-electron chi connectivity index (χ0n) is 18.2. The molecule has 168 valence electrons. The van der Waals surface area contributed by atoms with Crippen LogP contribution in [0.3, 0.4) is 0 Å². The molecule has 7 heteroatoms. The molecule has 1 aromatic heterocycles. The number of pyridine rings is 1. The van der Waals surface area contributed by atoms with Crippen LogP contribution in [0.4, 0.5) is 0 Å². The second-order valence-corrected chi connectivity index (χ2v) is 8.69. The monoisotopic (exact) mass is 453 g/mol. The van der Waals surface area contributed by atoms with Crippen molar-refractivity contribution < 1.29 is 9.53 Å². The first kappa shape index (κ1) is 22.5. The molecule has 0 spiro atoms. The summed E-state index contributed by atoms with van der Waals surface area (Å²) in [5.74, 6) is -0.468. The summed E-state index contributed by atoms with van der Waals surface area (Å²) >= 11 is 6.13. The normalized spacial score (nSPS) is 15.2. The van der Waals surface area contributed by atoms with Gasteiger partial charge in [0.1, 0.15) is 6.54 Å². The van der Waals surface area contributed by atoms with E-state index in [2.05, 4.69) is 34.5 Å². The lowest BCUT2D eigenvalue weighted by molar-refractivity contribution is -0.141. The van der Waals surface area contributed by atoms with Gasteiger partial charge < -0.3 is 10.1 Å². The summed E-state index contributed by atoms with van der Waals surface area (Å²) < 4.78 is 6.23. The number of esters is 1. The van der Waals surface area contributed by atoms with Crippen LogP contribution in [0.2, 0.25) is 5.02 Å². The predicted octanol–water partition coefficient (Wildman–Crippen LogP) is 3.58. The molecule has 2 heterocycles. The van der Waals surface area contributed by atoms with E-state index < -0.39 is 5.97 Å². The number of fused-ring (bicyclic) bond motifs is 1. The molecule has 1 aliphatic rings. The van der Waals surface area contributed by atoms with Gasteiger partial charge in [0, 0.05) is 29.7 Å². The Bertz CT molecular complexity index is 1140. The minimum atomic E-state index is -0.468. The smallest absolute Gasteiger partial charge is 0.325 e. The fourth-order valence-electron chi connectivity index (χ4n) is 4.27. The molecule has 3 aromatic rings. The van der Waals surface area contributed by atoms with Crippen molar-refractivity contribution in [3.8, 4) is 0 Å². The highest BCUT2D eigenvalue weighted by Gasteiger charge is 2.20. The number of piperidine rings is 1. The number of carbonyl (C=O) groups excluding carboxylic acids is 1. The summed E-state index contributed by atoms with van der Waals surface area (Å²) in [6.07, 6.45) is 2.07. The van der Waals surface area contributed by atoms with E-state index in [0.717, 1.165) is 37.9 Å². The summed E-state index contributed by atoms with van der Waals surface area (Å²) in [6, 6.07) is 18.1. The van der Waals surface area contributed by atoms with Crippen LogP contribution < -0.4 is 10.9 Å². The van der Waals surface area contributed by atoms with Gasteiger partial charge in [-0.2, -0.15) is 0 Å². The third-order valence-corrected chi connectivity index (χ3v) is 6.30. The maximum absolute atomic E-state index is 13.1. The van der Waals surface area contributed by atoms with Gasteiger partial charge in [0.25, 0.3) is 5.56 Å². The van der Waals surface area contributed by atoms with Gasteiger partial charge in [-0.15, -0.1) is 0 Å². The van der Waals surface area contributed by atoms with E-state index in [1.807, 2.05) is 18.2 Å². The number of halogens is 1. The maximum atomic E-state index is 13.1. The number of carbonyl (C=O) groups is 1. The SMILES string of the molecule is COC(=O)Cn1c(=O)c(CNC2CCN(Cc3ccccc3)CC2)cc2ccc(Cl)cc21. The molecule has 0 amide bonds. The van der Waals surface area contributed by atoms with Crippen molar-refractivity contribution in [2.75, 3.05) is 20.2 Å². The number of likely N-dealkylation sites (tertiary alicyclic amines) is 1. The average molecular weight is 454 g/mol. The number of hydrogen-bond acceptors (Lipinski definition) is 5. The van der Waals surface area contributed by atoms with Gasteiger partial charge in [-0.1, -0.05) is 48.0 Å². The van der Waals surface area contributed by atoms with Crippen molar-refractivity contribution in [2.24, 2.45) is 0 Å². The summed E-state index contributed by atoms with van der Waals surface area (Å²) in [5, 5.41) is 4.94. The molecule has 4 rings (SSSR count). The van der Waals surface area contributed by atoms with E-state index in [1.165, 1.54) is 17.2 Å². The van der Waals surface area contributed by atoms with Gasteiger partial charge in [-0.3, -0.25) is 19.1 Å². The van der Waals surface area contributed by atoms with E-state index in [1.54, 1.807) is 12.1 Å². The second-order valence-electron chi connectivity index (χ2n) is 8.26. The highest BCUT2D eigenvalue weighted by Crippen LogP contribution is 2.20. The lowest BCUT2D eigenvalue weighted by Crippen LogP contribution is -2.42. The molecule has 1 fully saturated rings. The number of nitrogens with zero attached hydrogens (tertiary/aromatic N) is 2. The Labute approximate surface area is 192 Å². The zero-order chi connectivity index (χ0) is 22.5. The molecule has 1 aliphatic heterocycles. The standard InChI is InChI=1S/C25H28ClN3O3/c1-32-24(30)17-29-23-14-21(26)8-7-19(23)13-20(25(29)31)15-27-22-9-11-28(12-10-22)16-18-5-3-2-4-6-18/h2-8,13-14,22,27H,9-12,15-17H2,1H3. The maximum Gasteiger partial charge on any atom is 0.325 e. The van der Waals surface area contributed by atoms with Crippen molar-refractivity contribution >= 4 is 28.5 Å². The fraction of sp³-hybridized carbons (Fsp3) is 0.360. The van der Waals surface area contributed by atoms with Crippen molar-refractivity contribution in [1.29, 1.82) is 0 Å². The van der Waals surface area contributed by atoms with Crippen molar-refractivity contribution in [3.63, 3.8) is 0 Å². The van der Waals surface area contributed by atoms with E-state index >= 15 is 0 Å². The third kappa shape index (κ3) is 5.38. The molecule has 0 unspecified atom stereocenters. The fourth-order valence-corrected chi connectivity index (χ4v) is 4.44. The zero-order valence-corrected chi connectivity index (χ0v) is 19.0. The van der Waals surface area contributed by atoms with Gasteiger partial charge in [-0.25, -0.2) is 0 Å². The predicted molar refractivity (Wildman–Crippen MR) is 127 cm³/mol. The van der Waals surface area contributed by atoms with Gasteiger partial charge in [0.05, 0.1) is 12.6 Å². The first-order valence-electron chi connectivity index (χ1n) is 10.9. The molecular formula is C25H28ClN3O3. The highest BCUT2D eigenvalue weighted by molar-refractivity contribution is 6.31. The Hall–Kier alpha value is -2.67. The van der Waals surface area contributed by atoms with Crippen LogP contribution in [0, 0.1) is 0 Å². The topological polar surface area (TPSA) is 63.6 Å². The molecule has 0 aliphatic carbocycles. The lowest BCUT2D eigenvalue weighted by Gasteiger charge is -2.32. The number of rotatable bonds is 7. The molecule has 1 saturated heterocycles. The van der Waals surface area contributed by atoms with Crippen molar-refractivity contribution in [2.45, 2.75) is 38.5 Å². The van der Waals surface area contributed by atoms with Crippen LogP contribution in [0.25, 0.3) is 10.9 Å². The van der Waals surface area contributed by atoms with E-state index in [-0.39, 0.29) is 12.1 Å². The second kappa shape index (κ2) is 10.3. The highest BCUT2D eigenvalue weighted by atomic mass is 35.5. The number of aromatic nitrogens is 1. The largest absolute Gasteiger partial charge is 0.468 e. The third-order valence-electron chi connectivity index (χ3n) is 6.07. The lowest BCUT2D eigenvalue weighted by atomic mass is 10.0. The van der Waals surface area contributed by atoms with Crippen LogP contribution in [-0.4, -0.2) is 41.7 Å². The average Bonchev–Trinajstić information content (AvgIpc) is 2.81. The van der Waals surface area contributed by atoms with Crippen molar-refractivity contribution in [1.82, 2.24) is 14.8 Å². The number of methoxy groups -OCH3 is 1. The number of nitrogens with one attached hydrogen (secondary N) is 1. The Morgan fingerprint density at radius 1 is 1.12 bits per heavy atom. The Morgan fingerprint density at radius 3 is 2.59 bits per heavy atom. The van der Waals surface area contributed by atoms with Gasteiger partial charge >= 0.3 is 5.97 Å². The molecule has 0 saturated carbocycles. The Balaban J connectivity index is 1.43. The number of benzene rings is 2. The van der Waals surface area contributed by atoms with Crippen LogP contribution in [0.5, 0.6) is 0 Å². The molecule has 0 bridgehead atoms. The van der Waals surface area contributed by atoms with Crippen LogP contribution >= 0.6 is 11.6 Å². The Kier molecular flexibility index (Phi) is 7.25. The van der Waals surface area contributed by atoms with Gasteiger partial charge in [0.15, 0.2) is 0 Å². The molecule has 32 heavy (non-hydrogen) atoms. The molecule has 6 nitrogen and oxygen atoms in total. The molecular weight excluding hydrogens is 426 g/mol. The summed E-state index contributed by atoms with van der Waals surface area (Å²) in [5.41, 5.74) is 2.40. The number of hydrogen-bond donors (Lipinski definition) is 1. The van der Waals surface area contributed by atoms with Gasteiger partial charge in [0.2, 0.25) is 0 Å². The minimum Gasteiger partial charge on any atom is -0.468 e. The first-order valence-corrected chi connectivity index (χ1v) is 11.3. The number of ether oxygens (including phenoxy) is 1. The van der Waals surface area contributed by atoms with Crippen LogP contribution in [-0.2, 0) is 29.2 Å². The van der Waals surface area contributed by atoms with Crippen LogP contribution in [0.15, 0.2) is 59.4 Å².